The molecule has 1 aliphatic heterocycles. The van der Waals surface area contributed by atoms with Gasteiger partial charge in [0, 0.05) is 58.1 Å². The number of hydrogen-bond acceptors (Lipinski definition) is 5. The predicted octanol–water partition coefficient (Wildman–Crippen LogP) is 0.00970. The van der Waals surface area contributed by atoms with Crippen molar-refractivity contribution in [3.8, 4) is 0 Å². The number of nitrogens with zero attached hydrogens (tertiary/aromatic N) is 2. The third kappa shape index (κ3) is 6.66. The maximum absolute atomic E-state index is 11.7. The van der Waals surface area contributed by atoms with Crippen LogP contribution >= 0.6 is 0 Å². The second-order valence-electron chi connectivity index (χ2n) is 5.09. The summed E-state index contributed by atoms with van der Waals surface area (Å²) in [6, 6.07) is 3.81. The van der Waals surface area contributed by atoms with Gasteiger partial charge in [0.15, 0.2) is 0 Å². The molecule has 1 fully saturated rings. The first-order valence-corrected chi connectivity index (χ1v) is 7.51. The van der Waals surface area contributed by atoms with E-state index in [1.54, 1.807) is 12.4 Å². The van der Waals surface area contributed by atoms with Gasteiger partial charge in [-0.05, 0) is 17.7 Å². The van der Waals surface area contributed by atoms with Crippen molar-refractivity contribution in [2.24, 2.45) is 0 Å². The first-order chi connectivity index (χ1) is 10.3. The van der Waals surface area contributed by atoms with Crippen molar-refractivity contribution in [3.05, 3.63) is 30.1 Å². The number of rotatable bonds is 8. The Kier molecular flexibility index (Phi) is 7.14. The molecule has 1 aliphatic rings. The van der Waals surface area contributed by atoms with Crippen molar-refractivity contribution in [2.75, 3.05) is 45.9 Å². The highest BCUT2D eigenvalue weighted by Gasteiger charge is 2.09. The Morgan fingerprint density at radius 2 is 2.00 bits per heavy atom. The second-order valence-corrected chi connectivity index (χ2v) is 5.09. The van der Waals surface area contributed by atoms with Crippen molar-refractivity contribution in [1.82, 2.24) is 20.5 Å². The minimum Gasteiger partial charge on any atom is -0.379 e. The summed E-state index contributed by atoms with van der Waals surface area (Å²) in [6.07, 6.45) is 3.97. The van der Waals surface area contributed by atoms with Gasteiger partial charge in [0.1, 0.15) is 0 Å². The summed E-state index contributed by atoms with van der Waals surface area (Å²) in [5.74, 6) is 0.0747. The lowest BCUT2D eigenvalue weighted by atomic mass is 10.2. The third-order valence-electron chi connectivity index (χ3n) is 3.48. The highest BCUT2D eigenvalue weighted by molar-refractivity contribution is 5.76. The number of hydrogen-bond donors (Lipinski definition) is 2. The standard InChI is InChI=1S/C15H24N4O2/c20-15(18-13-14-1-4-16-5-2-14)3-6-17-7-8-19-9-11-21-12-10-19/h1-2,4-5,17H,3,6-13H2,(H,18,20). The summed E-state index contributed by atoms with van der Waals surface area (Å²) in [6.45, 7) is 6.89. The fourth-order valence-electron chi connectivity index (χ4n) is 2.18. The molecule has 6 heteroatoms. The molecule has 116 valence electrons. The van der Waals surface area contributed by atoms with Crippen molar-refractivity contribution >= 4 is 5.91 Å². The van der Waals surface area contributed by atoms with Crippen LogP contribution in [0.3, 0.4) is 0 Å². The van der Waals surface area contributed by atoms with Crippen LogP contribution in [0.4, 0.5) is 0 Å². The van der Waals surface area contributed by atoms with E-state index >= 15 is 0 Å². The molecule has 2 heterocycles. The van der Waals surface area contributed by atoms with Crippen LogP contribution in [-0.4, -0.2) is 61.7 Å². The minimum atomic E-state index is 0.0747. The Bertz CT molecular complexity index is 407. The highest BCUT2D eigenvalue weighted by Crippen LogP contribution is 1.96. The van der Waals surface area contributed by atoms with Gasteiger partial charge in [-0.3, -0.25) is 14.7 Å². The number of amides is 1. The topological polar surface area (TPSA) is 66.5 Å². The smallest absolute Gasteiger partial charge is 0.221 e. The molecule has 2 N–H and O–H groups in total. The molecule has 0 bridgehead atoms. The van der Waals surface area contributed by atoms with Gasteiger partial charge in [0.25, 0.3) is 0 Å². The van der Waals surface area contributed by atoms with E-state index in [4.69, 9.17) is 4.74 Å². The molecule has 1 saturated heterocycles. The van der Waals surface area contributed by atoms with Crippen LogP contribution in [0.15, 0.2) is 24.5 Å². The van der Waals surface area contributed by atoms with Crippen LogP contribution < -0.4 is 10.6 Å². The molecule has 6 nitrogen and oxygen atoms in total. The van der Waals surface area contributed by atoms with Crippen LogP contribution in [0.25, 0.3) is 0 Å². The molecule has 0 radical (unpaired) electrons. The zero-order chi connectivity index (χ0) is 14.8. The molecule has 0 atom stereocenters. The lowest BCUT2D eigenvalue weighted by Crippen LogP contribution is -2.40. The van der Waals surface area contributed by atoms with Gasteiger partial charge in [0.05, 0.1) is 13.2 Å². The maximum Gasteiger partial charge on any atom is 0.221 e. The van der Waals surface area contributed by atoms with Crippen molar-refractivity contribution in [3.63, 3.8) is 0 Å². The molecular formula is C15H24N4O2. The monoisotopic (exact) mass is 292 g/mol. The van der Waals surface area contributed by atoms with Crippen molar-refractivity contribution in [2.45, 2.75) is 13.0 Å². The summed E-state index contributed by atoms with van der Waals surface area (Å²) < 4.78 is 5.30. The number of nitrogens with one attached hydrogen (secondary N) is 2. The van der Waals surface area contributed by atoms with Crippen LogP contribution in [-0.2, 0) is 16.1 Å². The summed E-state index contributed by atoms with van der Waals surface area (Å²) in [5, 5.41) is 6.21. The summed E-state index contributed by atoms with van der Waals surface area (Å²) in [5.41, 5.74) is 1.07. The summed E-state index contributed by atoms with van der Waals surface area (Å²) >= 11 is 0. The van der Waals surface area contributed by atoms with Crippen LogP contribution in [0.2, 0.25) is 0 Å². The van der Waals surface area contributed by atoms with Crippen LogP contribution in [0.1, 0.15) is 12.0 Å². The Hall–Kier alpha value is -1.50. The van der Waals surface area contributed by atoms with E-state index in [1.807, 2.05) is 12.1 Å². The Morgan fingerprint density at radius 1 is 1.24 bits per heavy atom. The van der Waals surface area contributed by atoms with Crippen molar-refractivity contribution < 1.29 is 9.53 Å². The van der Waals surface area contributed by atoms with Gasteiger partial charge in [-0.2, -0.15) is 0 Å². The molecule has 0 aromatic carbocycles. The fraction of sp³-hybridized carbons (Fsp3) is 0.600. The fourth-order valence-corrected chi connectivity index (χ4v) is 2.18. The predicted molar refractivity (Wildman–Crippen MR) is 80.8 cm³/mol. The molecular weight excluding hydrogens is 268 g/mol. The van der Waals surface area contributed by atoms with E-state index < -0.39 is 0 Å². The number of carbonyl (C=O) groups excluding carboxylic acids is 1. The molecule has 1 amide bonds. The molecule has 1 aromatic rings. The Labute approximate surface area is 125 Å². The maximum atomic E-state index is 11.7. The Morgan fingerprint density at radius 3 is 2.76 bits per heavy atom. The van der Waals surface area contributed by atoms with E-state index in [9.17, 15) is 4.79 Å². The van der Waals surface area contributed by atoms with Crippen molar-refractivity contribution in [1.29, 1.82) is 0 Å². The van der Waals surface area contributed by atoms with Crippen LogP contribution in [0, 0.1) is 0 Å². The van der Waals surface area contributed by atoms with E-state index in [-0.39, 0.29) is 5.91 Å². The molecule has 0 unspecified atom stereocenters. The average Bonchev–Trinajstić information content (AvgIpc) is 2.54. The first-order valence-electron chi connectivity index (χ1n) is 7.51. The molecule has 21 heavy (non-hydrogen) atoms. The number of carbonyl (C=O) groups is 1. The number of pyridine rings is 1. The lowest BCUT2D eigenvalue weighted by Gasteiger charge is -2.26. The lowest BCUT2D eigenvalue weighted by molar-refractivity contribution is -0.121. The van der Waals surface area contributed by atoms with E-state index in [1.165, 1.54) is 0 Å². The van der Waals surface area contributed by atoms with Gasteiger partial charge in [-0.15, -0.1) is 0 Å². The number of aromatic nitrogens is 1. The van der Waals surface area contributed by atoms with Gasteiger partial charge >= 0.3 is 0 Å². The average molecular weight is 292 g/mol. The molecule has 0 saturated carbocycles. The number of ether oxygens (including phenoxy) is 1. The zero-order valence-electron chi connectivity index (χ0n) is 12.4. The molecule has 1 aromatic heterocycles. The second kappa shape index (κ2) is 9.44. The summed E-state index contributed by atoms with van der Waals surface area (Å²) in [7, 11) is 0. The van der Waals surface area contributed by atoms with E-state index in [2.05, 4.69) is 20.5 Å². The van der Waals surface area contributed by atoms with Crippen LogP contribution in [0.5, 0.6) is 0 Å². The summed E-state index contributed by atoms with van der Waals surface area (Å²) in [4.78, 5) is 18.0. The van der Waals surface area contributed by atoms with E-state index in [0.717, 1.165) is 45.0 Å². The van der Waals surface area contributed by atoms with Gasteiger partial charge in [-0.1, -0.05) is 0 Å². The zero-order valence-corrected chi connectivity index (χ0v) is 12.4. The SMILES string of the molecule is O=C(CCNCCN1CCOCC1)NCc1ccncc1. The molecule has 2 rings (SSSR count). The molecule has 0 spiro atoms. The highest BCUT2D eigenvalue weighted by atomic mass is 16.5. The largest absolute Gasteiger partial charge is 0.379 e. The van der Waals surface area contributed by atoms with E-state index in [0.29, 0.717) is 19.5 Å². The van der Waals surface area contributed by atoms with Gasteiger partial charge in [0.2, 0.25) is 5.91 Å². The minimum absolute atomic E-state index is 0.0747. The van der Waals surface area contributed by atoms with Gasteiger partial charge < -0.3 is 15.4 Å². The third-order valence-corrected chi connectivity index (χ3v) is 3.48. The Balaban J connectivity index is 1.47. The normalized spacial score (nSPS) is 15.8. The number of morpholine rings is 1. The van der Waals surface area contributed by atoms with Gasteiger partial charge in [-0.25, -0.2) is 0 Å². The quantitative estimate of drug-likeness (QED) is 0.661. The molecule has 0 aliphatic carbocycles. The first kappa shape index (κ1) is 15.9.